The molecule has 31 heavy (non-hydrogen) atoms. The fourth-order valence-electron chi connectivity index (χ4n) is 3.38. The van der Waals surface area contributed by atoms with Crippen LogP contribution < -0.4 is 15.0 Å². The van der Waals surface area contributed by atoms with Crippen molar-refractivity contribution in [1.29, 1.82) is 0 Å². The van der Waals surface area contributed by atoms with Gasteiger partial charge in [-0.05, 0) is 55.3 Å². The van der Waals surface area contributed by atoms with Gasteiger partial charge >= 0.3 is 6.01 Å². The van der Waals surface area contributed by atoms with Crippen molar-refractivity contribution in [2.45, 2.75) is 13.3 Å². The molecule has 1 aliphatic heterocycles. The number of amides is 2. The first-order chi connectivity index (χ1) is 14.9. The molecule has 0 aliphatic carbocycles. The van der Waals surface area contributed by atoms with Gasteiger partial charge in [-0.1, -0.05) is 0 Å². The zero-order chi connectivity index (χ0) is 22.0. The van der Waals surface area contributed by atoms with Crippen LogP contribution >= 0.6 is 0 Å². The van der Waals surface area contributed by atoms with E-state index in [9.17, 15) is 18.4 Å². The second-order valence-corrected chi connectivity index (χ2v) is 7.06. The van der Waals surface area contributed by atoms with Crippen LogP contribution in [0, 0.1) is 24.5 Å². The van der Waals surface area contributed by atoms with Gasteiger partial charge in [0.25, 0.3) is 0 Å². The Morgan fingerprint density at radius 2 is 1.84 bits per heavy atom. The second-order valence-electron chi connectivity index (χ2n) is 7.06. The molecular formula is C22H18F2N4O3. The van der Waals surface area contributed by atoms with Crippen LogP contribution in [0.4, 0.5) is 20.2 Å². The van der Waals surface area contributed by atoms with Gasteiger partial charge in [0.15, 0.2) is 0 Å². The molecule has 2 amide bonds. The van der Waals surface area contributed by atoms with Crippen LogP contribution in [0.3, 0.4) is 0 Å². The summed E-state index contributed by atoms with van der Waals surface area (Å²) in [6.07, 6.45) is 3.36. The van der Waals surface area contributed by atoms with E-state index in [1.807, 2.05) is 0 Å². The molecule has 1 fully saturated rings. The van der Waals surface area contributed by atoms with Crippen LogP contribution in [-0.2, 0) is 9.59 Å². The summed E-state index contributed by atoms with van der Waals surface area (Å²) in [7, 11) is 0. The van der Waals surface area contributed by atoms with E-state index in [4.69, 9.17) is 4.74 Å². The maximum absolute atomic E-state index is 13.5. The third-order valence-corrected chi connectivity index (χ3v) is 4.89. The van der Waals surface area contributed by atoms with Gasteiger partial charge in [0.2, 0.25) is 11.8 Å². The Morgan fingerprint density at radius 3 is 2.52 bits per heavy atom. The number of carbonyl (C=O) groups excluding carboxylic acids is 2. The van der Waals surface area contributed by atoms with Gasteiger partial charge in [-0.25, -0.2) is 18.7 Å². The summed E-state index contributed by atoms with van der Waals surface area (Å²) < 4.78 is 32.5. The van der Waals surface area contributed by atoms with Crippen LogP contribution in [-0.4, -0.2) is 28.3 Å². The molecule has 9 heteroatoms. The summed E-state index contributed by atoms with van der Waals surface area (Å²) in [5.41, 5.74) is 1.34. The Labute approximate surface area is 176 Å². The van der Waals surface area contributed by atoms with Crippen molar-refractivity contribution in [3.05, 3.63) is 72.1 Å². The first kappa shape index (κ1) is 20.4. The summed E-state index contributed by atoms with van der Waals surface area (Å²) in [5.74, 6) is -2.99. The van der Waals surface area contributed by atoms with E-state index in [1.165, 1.54) is 4.90 Å². The Morgan fingerprint density at radius 1 is 1.13 bits per heavy atom. The fourth-order valence-corrected chi connectivity index (χ4v) is 3.38. The number of ether oxygens (including phenoxy) is 1. The average molecular weight is 424 g/mol. The fraction of sp³-hybridized carbons (Fsp3) is 0.182. The molecule has 0 spiro atoms. The Bertz CT molecular complexity index is 1120. The predicted molar refractivity (Wildman–Crippen MR) is 109 cm³/mol. The summed E-state index contributed by atoms with van der Waals surface area (Å²) >= 11 is 0. The lowest BCUT2D eigenvalue weighted by Gasteiger charge is -2.17. The molecule has 4 rings (SSSR count). The highest BCUT2D eigenvalue weighted by atomic mass is 19.1. The average Bonchev–Trinajstić information content (AvgIpc) is 3.11. The zero-order valence-electron chi connectivity index (χ0n) is 16.5. The van der Waals surface area contributed by atoms with Gasteiger partial charge in [-0.3, -0.25) is 9.59 Å². The van der Waals surface area contributed by atoms with Crippen molar-refractivity contribution >= 4 is 23.2 Å². The molecule has 1 N–H and O–H groups in total. The minimum Gasteiger partial charge on any atom is -0.424 e. The summed E-state index contributed by atoms with van der Waals surface area (Å²) in [4.78, 5) is 34.6. The molecule has 0 saturated carbocycles. The number of rotatable bonds is 5. The Balaban J connectivity index is 1.44. The highest BCUT2D eigenvalue weighted by Gasteiger charge is 2.38. The molecule has 1 unspecified atom stereocenters. The highest BCUT2D eigenvalue weighted by Crippen LogP contribution is 2.29. The first-order valence-corrected chi connectivity index (χ1v) is 9.54. The largest absolute Gasteiger partial charge is 0.424 e. The quantitative estimate of drug-likeness (QED) is 0.629. The molecule has 158 valence electrons. The molecule has 2 aromatic carbocycles. The van der Waals surface area contributed by atoms with Gasteiger partial charge in [-0.15, -0.1) is 0 Å². The number of nitrogens with one attached hydrogen (secondary N) is 1. The van der Waals surface area contributed by atoms with E-state index in [0.717, 1.165) is 23.8 Å². The number of halogens is 2. The van der Waals surface area contributed by atoms with Crippen molar-refractivity contribution in [1.82, 2.24) is 9.97 Å². The summed E-state index contributed by atoms with van der Waals surface area (Å²) in [6, 6.07) is 9.76. The monoisotopic (exact) mass is 424 g/mol. The lowest BCUT2D eigenvalue weighted by molar-refractivity contribution is -0.129. The number of carbonyl (C=O) groups is 2. The van der Waals surface area contributed by atoms with Crippen LogP contribution in [0.15, 0.2) is 54.9 Å². The highest BCUT2D eigenvalue weighted by molar-refractivity contribution is 6.13. The maximum Gasteiger partial charge on any atom is 0.321 e. The van der Waals surface area contributed by atoms with E-state index in [2.05, 4.69) is 15.3 Å². The smallest absolute Gasteiger partial charge is 0.321 e. The van der Waals surface area contributed by atoms with Gasteiger partial charge in [-0.2, -0.15) is 0 Å². The molecule has 0 radical (unpaired) electrons. The zero-order valence-corrected chi connectivity index (χ0v) is 16.5. The van der Waals surface area contributed by atoms with E-state index < -0.39 is 29.4 Å². The second kappa shape index (κ2) is 8.47. The molecule has 1 atom stereocenters. The van der Waals surface area contributed by atoms with E-state index in [0.29, 0.717) is 11.4 Å². The van der Waals surface area contributed by atoms with Crippen LogP contribution in [0.25, 0.3) is 0 Å². The summed E-state index contributed by atoms with van der Waals surface area (Å²) in [5, 5.41) is 2.75. The van der Waals surface area contributed by atoms with Crippen molar-refractivity contribution in [3.63, 3.8) is 0 Å². The lowest BCUT2D eigenvalue weighted by atomic mass is 10.1. The minimum absolute atomic E-state index is 0.0959. The third-order valence-electron chi connectivity index (χ3n) is 4.89. The van der Waals surface area contributed by atoms with Crippen LogP contribution in [0.5, 0.6) is 11.8 Å². The SMILES string of the molecule is Cc1cc(Oc2ncccn2)ccc1NC(=O)C1CCN(c2cc(F)cc(F)c2)C1=O. The number of aryl methyl sites for hydroxylation is 1. The first-order valence-electron chi connectivity index (χ1n) is 9.54. The molecule has 7 nitrogen and oxygen atoms in total. The van der Waals surface area contributed by atoms with Gasteiger partial charge in [0, 0.05) is 36.4 Å². The van der Waals surface area contributed by atoms with Gasteiger partial charge < -0.3 is 15.0 Å². The van der Waals surface area contributed by atoms with Gasteiger partial charge in [0.05, 0.1) is 0 Å². The molecule has 3 aromatic rings. The molecule has 1 aliphatic rings. The number of nitrogens with zero attached hydrogens (tertiary/aromatic N) is 3. The van der Waals surface area contributed by atoms with E-state index in [-0.39, 0.29) is 24.7 Å². The maximum atomic E-state index is 13.5. The topological polar surface area (TPSA) is 84.4 Å². The molecule has 1 saturated heterocycles. The number of hydrogen-bond acceptors (Lipinski definition) is 5. The van der Waals surface area contributed by atoms with Crippen LogP contribution in [0.2, 0.25) is 0 Å². The van der Waals surface area contributed by atoms with Gasteiger partial charge in [0.1, 0.15) is 23.3 Å². The predicted octanol–water partition coefficient (Wildman–Crippen LogP) is 3.85. The molecule has 0 bridgehead atoms. The number of hydrogen-bond donors (Lipinski definition) is 1. The lowest BCUT2D eigenvalue weighted by Crippen LogP contribution is -2.33. The number of anilines is 2. The van der Waals surface area contributed by atoms with Crippen molar-refractivity contribution in [3.8, 4) is 11.8 Å². The third kappa shape index (κ3) is 4.50. The molecule has 1 aromatic heterocycles. The van der Waals surface area contributed by atoms with E-state index in [1.54, 1.807) is 43.6 Å². The van der Waals surface area contributed by atoms with Crippen molar-refractivity contribution < 1.29 is 23.1 Å². The van der Waals surface area contributed by atoms with E-state index >= 15 is 0 Å². The van der Waals surface area contributed by atoms with Crippen LogP contribution in [0.1, 0.15) is 12.0 Å². The normalized spacial score (nSPS) is 15.8. The minimum atomic E-state index is -0.945. The van der Waals surface area contributed by atoms with Crippen molar-refractivity contribution in [2.75, 3.05) is 16.8 Å². The number of aromatic nitrogens is 2. The Kier molecular flexibility index (Phi) is 5.57. The number of benzene rings is 2. The standard InChI is InChI=1S/C22H18F2N4O3/c1-13-9-17(31-22-25-6-2-7-26-22)3-4-19(13)27-20(29)18-5-8-28(21(18)30)16-11-14(23)10-15(24)12-16/h2-4,6-7,9-12,18H,5,8H2,1H3,(H,27,29). The summed E-state index contributed by atoms with van der Waals surface area (Å²) in [6.45, 7) is 1.98. The van der Waals surface area contributed by atoms with Crippen molar-refractivity contribution in [2.24, 2.45) is 5.92 Å². The molecular weight excluding hydrogens is 406 g/mol. The molecule has 2 heterocycles. The Hall–Kier alpha value is -3.88.